The number of benzene rings is 2. The number of esters is 1. The highest BCUT2D eigenvalue weighted by atomic mass is 35.5. The van der Waals surface area contributed by atoms with Crippen molar-refractivity contribution >= 4 is 64.0 Å². The van der Waals surface area contributed by atoms with E-state index in [0.29, 0.717) is 15.7 Å². The third-order valence-electron chi connectivity index (χ3n) is 3.38. The van der Waals surface area contributed by atoms with E-state index in [4.69, 9.17) is 55.9 Å². The molecule has 0 aliphatic carbocycles. The zero-order valence-electron chi connectivity index (χ0n) is 14.3. The Bertz CT molecular complexity index is 859. The predicted octanol–water partition coefficient (Wildman–Crippen LogP) is 5.64. The lowest BCUT2D eigenvalue weighted by Crippen LogP contribution is -2.35. The highest BCUT2D eigenvalue weighted by Crippen LogP contribution is 2.28. The third kappa shape index (κ3) is 6.18. The van der Waals surface area contributed by atoms with E-state index < -0.39 is 24.1 Å². The van der Waals surface area contributed by atoms with Crippen molar-refractivity contribution in [2.45, 2.75) is 26.1 Å². The van der Waals surface area contributed by atoms with E-state index in [1.54, 1.807) is 18.2 Å². The molecule has 5 nitrogen and oxygen atoms in total. The lowest BCUT2D eigenvalue weighted by molar-refractivity contribution is -0.159. The Labute approximate surface area is 176 Å². The molecule has 2 unspecified atom stereocenters. The van der Waals surface area contributed by atoms with Crippen LogP contribution < -0.4 is 10.1 Å². The second-order valence-corrected chi connectivity index (χ2v) is 7.21. The monoisotopic (exact) mass is 449 g/mol. The first kappa shape index (κ1) is 21.6. The smallest absolute Gasteiger partial charge is 0.347 e. The first-order valence-corrected chi connectivity index (χ1v) is 9.26. The summed E-state index contributed by atoms with van der Waals surface area (Å²) < 4.78 is 10.6. The van der Waals surface area contributed by atoms with Crippen LogP contribution in [0.3, 0.4) is 0 Å². The number of amides is 1. The van der Waals surface area contributed by atoms with Gasteiger partial charge < -0.3 is 14.8 Å². The molecule has 0 spiro atoms. The molecule has 0 aromatic heterocycles. The maximum Gasteiger partial charge on any atom is 0.347 e. The lowest BCUT2D eigenvalue weighted by atomic mass is 10.3. The fourth-order valence-electron chi connectivity index (χ4n) is 1.96. The Morgan fingerprint density at radius 1 is 0.889 bits per heavy atom. The molecule has 0 bridgehead atoms. The molecule has 2 aromatic rings. The van der Waals surface area contributed by atoms with Crippen LogP contribution in [-0.4, -0.2) is 24.1 Å². The van der Waals surface area contributed by atoms with E-state index in [1.165, 1.54) is 32.0 Å². The normalized spacial score (nSPS) is 12.8. The highest BCUT2D eigenvalue weighted by Gasteiger charge is 2.24. The van der Waals surface area contributed by atoms with Gasteiger partial charge in [0.25, 0.3) is 5.91 Å². The number of hydrogen-bond donors (Lipinski definition) is 1. The van der Waals surface area contributed by atoms with E-state index in [-0.39, 0.29) is 15.8 Å². The molecule has 0 heterocycles. The Morgan fingerprint density at radius 3 is 2.07 bits per heavy atom. The maximum absolute atomic E-state index is 12.2. The minimum absolute atomic E-state index is 0.255. The molecule has 2 atom stereocenters. The van der Waals surface area contributed by atoms with Crippen molar-refractivity contribution < 1.29 is 19.1 Å². The lowest BCUT2D eigenvalue weighted by Gasteiger charge is -2.18. The molecule has 1 N–H and O–H groups in total. The van der Waals surface area contributed by atoms with Gasteiger partial charge in [0.15, 0.2) is 12.2 Å². The van der Waals surface area contributed by atoms with Gasteiger partial charge >= 0.3 is 5.97 Å². The molecule has 27 heavy (non-hydrogen) atoms. The largest absolute Gasteiger partial charge is 0.477 e. The van der Waals surface area contributed by atoms with Gasteiger partial charge in [0.2, 0.25) is 0 Å². The molecule has 0 fully saturated rings. The zero-order chi connectivity index (χ0) is 20.1. The molecule has 144 valence electrons. The van der Waals surface area contributed by atoms with Crippen molar-refractivity contribution in [3.63, 3.8) is 0 Å². The van der Waals surface area contributed by atoms with Crippen molar-refractivity contribution in [1.29, 1.82) is 0 Å². The predicted molar refractivity (Wildman–Crippen MR) is 107 cm³/mol. The first-order chi connectivity index (χ1) is 12.7. The van der Waals surface area contributed by atoms with Crippen LogP contribution in [0.2, 0.25) is 20.1 Å². The molecule has 0 aliphatic rings. The molecular formula is C18H15Cl4NO4. The summed E-state index contributed by atoms with van der Waals surface area (Å²) in [7, 11) is 0. The van der Waals surface area contributed by atoms with E-state index in [0.717, 1.165) is 0 Å². The van der Waals surface area contributed by atoms with Gasteiger partial charge in [-0.15, -0.1) is 0 Å². The summed E-state index contributed by atoms with van der Waals surface area (Å²) in [5, 5.41) is 3.96. The van der Waals surface area contributed by atoms with Gasteiger partial charge in [-0.2, -0.15) is 0 Å². The molecule has 2 aromatic carbocycles. The quantitative estimate of drug-likeness (QED) is 0.578. The Hall–Kier alpha value is -1.66. The number of carbonyl (C=O) groups is 2. The Morgan fingerprint density at radius 2 is 1.48 bits per heavy atom. The summed E-state index contributed by atoms with van der Waals surface area (Å²) in [5.41, 5.74) is 0.353. The number of anilines is 1. The second kappa shape index (κ2) is 9.51. The fourth-order valence-corrected chi connectivity index (χ4v) is 2.87. The van der Waals surface area contributed by atoms with E-state index in [2.05, 4.69) is 5.32 Å². The van der Waals surface area contributed by atoms with E-state index >= 15 is 0 Å². The van der Waals surface area contributed by atoms with E-state index in [9.17, 15) is 9.59 Å². The summed E-state index contributed by atoms with van der Waals surface area (Å²) in [5.74, 6) is -1.01. The second-order valence-electron chi connectivity index (χ2n) is 5.53. The van der Waals surface area contributed by atoms with Gasteiger partial charge in [0.05, 0.1) is 15.7 Å². The summed E-state index contributed by atoms with van der Waals surface area (Å²) >= 11 is 23.6. The van der Waals surface area contributed by atoms with E-state index in [1.807, 2.05) is 0 Å². The van der Waals surface area contributed by atoms with Gasteiger partial charge in [-0.25, -0.2) is 4.79 Å². The topological polar surface area (TPSA) is 64.6 Å². The van der Waals surface area contributed by atoms with Crippen LogP contribution in [-0.2, 0) is 14.3 Å². The van der Waals surface area contributed by atoms with Crippen LogP contribution in [0.1, 0.15) is 13.8 Å². The van der Waals surface area contributed by atoms with Crippen LogP contribution in [0.25, 0.3) is 0 Å². The van der Waals surface area contributed by atoms with Gasteiger partial charge in [-0.05, 0) is 50.2 Å². The molecule has 2 rings (SSSR count). The van der Waals surface area contributed by atoms with Crippen LogP contribution >= 0.6 is 46.4 Å². The number of hydrogen-bond acceptors (Lipinski definition) is 4. The van der Waals surface area contributed by atoms with Crippen molar-refractivity contribution in [3.05, 3.63) is 56.5 Å². The van der Waals surface area contributed by atoms with Crippen LogP contribution in [0.15, 0.2) is 36.4 Å². The third-order valence-corrected chi connectivity index (χ3v) is 4.46. The number of rotatable bonds is 6. The molecule has 0 saturated heterocycles. The van der Waals surface area contributed by atoms with Crippen LogP contribution in [0.5, 0.6) is 5.75 Å². The fraction of sp³-hybridized carbons (Fsp3) is 0.222. The maximum atomic E-state index is 12.2. The first-order valence-electron chi connectivity index (χ1n) is 7.75. The minimum Gasteiger partial charge on any atom is -0.477 e. The van der Waals surface area contributed by atoms with Crippen LogP contribution in [0, 0.1) is 0 Å². The summed E-state index contributed by atoms with van der Waals surface area (Å²) in [6.07, 6.45) is -2.06. The molecule has 0 radical (unpaired) electrons. The van der Waals surface area contributed by atoms with Crippen molar-refractivity contribution in [2.75, 3.05) is 5.32 Å². The van der Waals surface area contributed by atoms with Crippen molar-refractivity contribution in [2.24, 2.45) is 0 Å². The van der Waals surface area contributed by atoms with Gasteiger partial charge in [-0.3, -0.25) is 4.79 Å². The molecule has 9 heteroatoms. The van der Waals surface area contributed by atoms with Gasteiger partial charge in [-0.1, -0.05) is 46.4 Å². The highest BCUT2D eigenvalue weighted by molar-refractivity contribution is 6.37. The van der Waals surface area contributed by atoms with Crippen molar-refractivity contribution in [1.82, 2.24) is 0 Å². The summed E-state index contributed by atoms with van der Waals surface area (Å²) in [6, 6.07) is 9.21. The molecular weight excluding hydrogens is 436 g/mol. The summed E-state index contributed by atoms with van der Waals surface area (Å²) in [4.78, 5) is 24.4. The van der Waals surface area contributed by atoms with Crippen LogP contribution in [0.4, 0.5) is 5.69 Å². The molecule has 0 aliphatic heterocycles. The average Bonchev–Trinajstić information content (AvgIpc) is 2.59. The number of carbonyl (C=O) groups excluding carboxylic acids is 2. The zero-order valence-corrected chi connectivity index (χ0v) is 17.3. The molecule has 1 amide bonds. The minimum atomic E-state index is -1.07. The van der Waals surface area contributed by atoms with Crippen molar-refractivity contribution in [3.8, 4) is 5.75 Å². The summed E-state index contributed by atoms with van der Waals surface area (Å²) in [6.45, 7) is 2.91. The SMILES string of the molecule is CC(OC(=O)C(C)Oc1ccc(Cl)cc1Cl)C(=O)Nc1ccc(Cl)cc1Cl. The Balaban J connectivity index is 1.94. The average molecular weight is 451 g/mol. The van der Waals surface area contributed by atoms with Gasteiger partial charge in [0, 0.05) is 10.0 Å². The number of nitrogens with one attached hydrogen (secondary N) is 1. The number of halogens is 4. The number of ether oxygens (including phenoxy) is 2. The standard InChI is InChI=1S/C18H15Cl4NO4/c1-9(17(24)23-15-5-3-11(19)7-13(15)21)27-18(25)10(2)26-16-6-4-12(20)8-14(16)22/h3-10H,1-2H3,(H,23,24). The Kier molecular flexibility index (Phi) is 7.62. The molecule has 0 saturated carbocycles. The van der Waals surface area contributed by atoms with Gasteiger partial charge in [0.1, 0.15) is 5.75 Å².